The average molecular weight is 409 g/mol. The van der Waals surface area contributed by atoms with E-state index in [1.807, 2.05) is 0 Å². The number of methoxy groups -OCH3 is 2. The second kappa shape index (κ2) is 8.73. The topological polar surface area (TPSA) is 89.6 Å². The van der Waals surface area contributed by atoms with Crippen LogP contribution in [0, 0.1) is 0 Å². The Morgan fingerprint density at radius 3 is 2.37 bits per heavy atom. The Morgan fingerprint density at radius 1 is 1.03 bits per heavy atom. The normalized spacial score (nSPS) is 15.1. The number of hydrogen-bond donors (Lipinski definition) is 2. The van der Waals surface area contributed by atoms with Crippen LogP contribution in [0.25, 0.3) is 0 Å². The van der Waals surface area contributed by atoms with Crippen molar-refractivity contribution >= 4 is 17.7 Å². The molecule has 0 saturated carbocycles. The van der Waals surface area contributed by atoms with Crippen molar-refractivity contribution in [3.05, 3.63) is 52.3 Å². The second-order valence-electron chi connectivity index (χ2n) is 7.85. The molecule has 1 heterocycles. The van der Waals surface area contributed by atoms with E-state index >= 15 is 0 Å². The lowest BCUT2D eigenvalue weighted by atomic mass is 9.99. The summed E-state index contributed by atoms with van der Waals surface area (Å²) in [6.07, 6.45) is 9.81. The van der Waals surface area contributed by atoms with E-state index in [2.05, 4.69) is 21.7 Å². The maximum atomic E-state index is 12.9. The molecule has 2 aromatic rings. The number of rotatable bonds is 6. The maximum Gasteiger partial charge on any atom is 0.328 e. The highest BCUT2D eigenvalue weighted by molar-refractivity contribution is 5.94. The van der Waals surface area contributed by atoms with Crippen molar-refractivity contribution in [2.75, 3.05) is 19.5 Å². The fourth-order valence-corrected chi connectivity index (χ4v) is 4.53. The minimum Gasteiger partial charge on any atom is -0.495 e. The Hall–Kier alpha value is -3.09. The lowest BCUT2D eigenvalue weighted by Crippen LogP contribution is -2.45. The molecule has 2 amide bonds. The molecule has 7 heteroatoms. The summed E-state index contributed by atoms with van der Waals surface area (Å²) >= 11 is 0. The predicted molar refractivity (Wildman–Crippen MR) is 113 cm³/mol. The third-order valence-electron chi connectivity index (χ3n) is 5.95. The van der Waals surface area contributed by atoms with Gasteiger partial charge in [0.1, 0.15) is 11.8 Å². The number of amides is 2. The van der Waals surface area contributed by atoms with Gasteiger partial charge in [-0.1, -0.05) is 6.07 Å². The van der Waals surface area contributed by atoms with Crippen LogP contribution in [-0.4, -0.2) is 37.2 Å². The molecule has 158 valence electrons. The number of esters is 1. The fraction of sp³-hybridized carbons (Fsp3) is 0.435. The molecule has 0 bridgehead atoms. The summed E-state index contributed by atoms with van der Waals surface area (Å²) in [5, 5.41) is 5.85. The Kier molecular flexibility index (Phi) is 5.88. The molecule has 30 heavy (non-hydrogen) atoms. The summed E-state index contributed by atoms with van der Waals surface area (Å²) in [5.74, 6) is 0.0902. The van der Waals surface area contributed by atoms with Crippen molar-refractivity contribution in [1.82, 2.24) is 10.3 Å². The number of nitrogens with one attached hydrogen (secondary N) is 2. The predicted octanol–water partition coefficient (Wildman–Crippen LogP) is 2.97. The molecule has 0 radical (unpaired) electrons. The number of pyridine rings is 1. The number of carbonyl (C=O) groups is 2. The van der Waals surface area contributed by atoms with Crippen molar-refractivity contribution in [3.8, 4) is 5.75 Å². The summed E-state index contributed by atoms with van der Waals surface area (Å²) in [6.45, 7) is 0. The number of fused-ring (bicyclic) bond motifs is 2. The molecule has 1 aromatic carbocycles. The van der Waals surface area contributed by atoms with Gasteiger partial charge in [-0.2, -0.15) is 0 Å². The van der Waals surface area contributed by atoms with E-state index in [1.165, 1.54) is 29.4 Å². The van der Waals surface area contributed by atoms with Crippen LogP contribution in [-0.2, 0) is 41.6 Å². The molecule has 0 unspecified atom stereocenters. The van der Waals surface area contributed by atoms with E-state index in [0.29, 0.717) is 5.75 Å². The third-order valence-corrected chi connectivity index (χ3v) is 5.95. The summed E-state index contributed by atoms with van der Waals surface area (Å²) < 4.78 is 10.1. The molecule has 4 rings (SSSR count). The van der Waals surface area contributed by atoms with Gasteiger partial charge in [-0.15, -0.1) is 0 Å². The van der Waals surface area contributed by atoms with Gasteiger partial charge >= 0.3 is 12.0 Å². The molecule has 0 aliphatic heterocycles. The lowest BCUT2D eigenvalue weighted by Gasteiger charge is -2.20. The first-order valence-electron chi connectivity index (χ1n) is 10.4. The Bertz CT molecular complexity index is 941. The molecule has 0 saturated heterocycles. The van der Waals surface area contributed by atoms with E-state index in [9.17, 15) is 9.59 Å². The van der Waals surface area contributed by atoms with Crippen molar-refractivity contribution in [3.63, 3.8) is 0 Å². The van der Waals surface area contributed by atoms with Crippen molar-refractivity contribution in [1.29, 1.82) is 0 Å². The Balaban J connectivity index is 1.52. The molecule has 2 aliphatic carbocycles. The molecule has 7 nitrogen and oxygen atoms in total. The van der Waals surface area contributed by atoms with Crippen LogP contribution < -0.4 is 15.4 Å². The van der Waals surface area contributed by atoms with E-state index < -0.39 is 18.0 Å². The Labute approximate surface area is 176 Å². The number of ether oxygens (including phenoxy) is 2. The molecular weight excluding hydrogens is 382 g/mol. The van der Waals surface area contributed by atoms with E-state index in [4.69, 9.17) is 9.47 Å². The zero-order chi connectivity index (χ0) is 21.1. The van der Waals surface area contributed by atoms with Gasteiger partial charge in [0.05, 0.1) is 20.4 Å². The highest BCUT2D eigenvalue weighted by atomic mass is 16.5. The van der Waals surface area contributed by atoms with Crippen LogP contribution in [0.15, 0.2) is 24.5 Å². The van der Waals surface area contributed by atoms with Crippen molar-refractivity contribution < 1.29 is 19.1 Å². The summed E-state index contributed by atoms with van der Waals surface area (Å²) in [5.41, 5.74) is 6.90. The highest BCUT2D eigenvalue weighted by Gasteiger charge is 2.27. The van der Waals surface area contributed by atoms with Crippen LogP contribution >= 0.6 is 0 Å². The first-order valence-corrected chi connectivity index (χ1v) is 10.4. The van der Waals surface area contributed by atoms with Crippen LogP contribution in [0.1, 0.15) is 40.7 Å². The molecule has 2 aliphatic rings. The Morgan fingerprint density at radius 2 is 1.73 bits per heavy atom. The minimum atomic E-state index is -0.825. The number of benzene rings is 1. The number of hydrogen-bond acceptors (Lipinski definition) is 5. The minimum absolute atomic E-state index is 0.259. The number of nitrogens with zero attached hydrogens (tertiary/aromatic N) is 1. The van der Waals surface area contributed by atoms with Gasteiger partial charge in [0.15, 0.2) is 0 Å². The largest absolute Gasteiger partial charge is 0.495 e. The van der Waals surface area contributed by atoms with Gasteiger partial charge in [0.25, 0.3) is 0 Å². The molecule has 2 N–H and O–H groups in total. The first kappa shape index (κ1) is 20.2. The number of urea groups is 1. The monoisotopic (exact) mass is 409 g/mol. The zero-order valence-electron chi connectivity index (χ0n) is 17.4. The van der Waals surface area contributed by atoms with Gasteiger partial charge in [0, 0.05) is 18.3 Å². The van der Waals surface area contributed by atoms with Crippen LogP contribution in [0.2, 0.25) is 0 Å². The van der Waals surface area contributed by atoms with Gasteiger partial charge in [-0.05, 0) is 72.4 Å². The van der Waals surface area contributed by atoms with Crippen LogP contribution in [0.4, 0.5) is 10.5 Å². The number of aryl methyl sites for hydroxylation is 2. The second-order valence-corrected chi connectivity index (χ2v) is 7.85. The van der Waals surface area contributed by atoms with Crippen molar-refractivity contribution in [2.45, 2.75) is 51.0 Å². The average Bonchev–Trinajstić information content (AvgIpc) is 3.42. The zero-order valence-corrected chi connectivity index (χ0v) is 17.4. The van der Waals surface area contributed by atoms with Gasteiger partial charge in [-0.25, -0.2) is 9.59 Å². The SMILES string of the molecule is COC(=O)[C@@H](Cc1cncc(OC)c1)NC(=O)Nc1c2c(cc3c1CCC3)CCC2. The number of carbonyl (C=O) groups excluding carboxylic acids is 2. The van der Waals surface area contributed by atoms with Gasteiger partial charge < -0.3 is 20.1 Å². The summed E-state index contributed by atoms with van der Waals surface area (Å²) in [4.78, 5) is 29.3. The van der Waals surface area contributed by atoms with Gasteiger partial charge in [0.2, 0.25) is 0 Å². The lowest BCUT2D eigenvalue weighted by molar-refractivity contribution is -0.142. The third kappa shape index (κ3) is 4.10. The fourth-order valence-electron chi connectivity index (χ4n) is 4.53. The summed E-state index contributed by atoms with van der Waals surface area (Å²) in [7, 11) is 2.87. The van der Waals surface area contributed by atoms with Crippen molar-refractivity contribution in [2.24, 2.45) is 0 Å². The number of anilines is 1. The molecule has 0 spiro atoms. The summed E-state index contributed by atoms with van der Waals surface area (Å²) in [6, 6.07) is 2.89. The van der Waals surface area contributed by atoms with Crippen LogP contribution in [0.5, 0.6) is 5.75 Å². The molecule has 1 atom stereocenters. The maximum absolute atomic E-state index is 12.9. The quantitative estimate of drug-likeness (QED) is 0.716. The van der Waals surface area contributed by atoms with E-state index in [1.54, 1.807) is 25.6 Å². The molecule has 0 fully saturated rings. The molecular formula is C23H27N3O4. The van der Waals surface area contributed by atoms with E-state index in [-0.39, 0.29) is 6.42 Å². The standard InChI is InChI=1S/C23H27N3O4/c1-29-17-9-14(12-24-13-17)10-20(22(27)30-2)25-23(28)26-21-18-7-3-5-15(18)11-16-6-4-8-19(16)21/h9,11-13,20H,3-8,10H2,1-2H3,(H2,25,26,28)/t20-/m1/s1. The molecule has 1 aromatic heterocycles. The highest BCUT2D eigenvalue weighted by Crippen LogP contribution is 2.38. The number of aromatic nitrogens is 1. The van der Waals surface area contributed by atoms with Crippen LogP contribution in [0.3, 0.4) is 0 Å². The van der Waals surface area contributed by atoms with E-state index in [0.717, 1.165) is 49.8 Å². The van der Waals surface area contributed by atoms with Gasteiger partial charge in [-0.3, -0.25) is 4.98 Å². The smallest absolute Gasteiger partial charge is 0.328 e. The first-order chi connectivity index (χ1) is 14.6.